The number of benzene rings is 2. The molecule has 0 unspecified atom stereocenters. The lowest BCUT2D eigenvalue weighted by Gasteiger charge is -2.33. The van der Waals surface area contributed by atoms with Gasteiger partial charge >= 0.3 is 0 Å². The average Bonchev–Trinajstić information content (AvgIpc) is 3.40. The first kappa shape index (κ1) is 29.2. The van der Waals surface area contributed by atoms with E-state index in [1.165, 1.54) is 55.5 Å². The largest absolute Gasteiger partial charge is 0.497 e. The van der Waals surface area contributed by atoms with Crippen molar-refractivity contribution in [2.24, 2.45) is 0 Å². The van der Waals surface area contributed by atoms with Crippen molar-refractivity contribution in [2.45, 2.75) is 57.7 Å². The fraction of sp³-hybridized carbons (Fsp3) is 0.481. The van der Waals surface area contributed by atoms with Crippen molar-refractivity contribution < 1.29 is 31.9 Å². The molecule has 0 radical (unpaired) electrons. The van der Waals surface area contributed by atoms with Crippen molar-refractivity contribution in [1.29, 1.82) is 0 Å². The van der Waals surface area contributed by atoms with Crippen LogP contribution in [0.25, 0.3) is 0 Å². The van der Waals surface area contributed by atoms with E-state index in [2.05, 4.69) is 5.32 Å². The predicted molar refractivity (Wildman–Crippen MR) is 143 cm³/mol. The summed E-state index contributed by atoms with van der Waals surface area (Å²) in [5.74, 6) is -0.627. The Morgan fingerprint density at radius 2 is 1.74 bits per heavy atom. The maximum atomic E-state index is 13.8. The summed E-state index contributed by atoms with van der Waals surface area (Å²) >= 11 is 0. The number of sulfonamides is 1. The Kier molecular flexibility index (Phi) is 9.96. The van der Waals surface area contributed by atoms with Gasteiger partial charge in [0.25, 0.3) is 0 Å². The second-order valence-corrected chi connectivity index (χ2v) is 11.3. The van der Waals surface area contributed by atoms with Crippen molar-refractivity contribution >= 4 is 27.5 Å². The summed E-state index contributed by atoms with van der Waals surface area (Å²) in [5.41, 5.74) is 0.772. The molecule has 1 atom stereocenters. The Hall–Kier alpha value is -3.34. The maximum Gasteiger partial charge on any atom is 0.244 e. The van der Waals surface area contributed by atoms with E-state index in [9.17, 15) is 22.4 Å². The van der Waals surface area contributed by atoms with Crippen LogP contribution in [0.5, 0.6) is 11.5 Å². The number of ether oxygens (including phenoxy) is 2. The lowest BCUT2D eigenvalue weighted by atomic mass is 10.1. The second kappa shape index (κ2) is 12.9. The summed E-state index contributed by atoms with van der Waals surface area (Å²) in [7, 11) is -1.07. The zero-order valence-corrected chi connectivity index (χ0v) is 23.1. The van der Waals surface area contributed by atoms with E-state index in [4.69, 9.17) is 9.47 Å². The van der Waals surface area contributed by atoms with Crippen molar-refractivity contribution in [1.82, 2.24) is 10.2 Å². The van der Waals surface area contributed by atoms with Gasteiger partial charge in [-0.3, -0.25) is 13.9 Å². The minimum atomic E-state index is -3.93. The third-order valence-electron chi connectivity index (χ3n) is 6.69. The van der Waals surface area contributed by atoms with E-state index in [1.54, 1.807) is 13.0 Å². The Balaban J connectivity index is 1.96. The monoisotopic (exact) mass is 549 g/mol. The molecular weight excluding hydrogens is 513 g/mol. The maximum absolute atomic E-state index is 13.8. The lowest BCUT2D eigenvalue weighted by molar-refractivity contribution is -0.140. The first-order valence-corrected chi connectivity index (χ1v) is 14.5. The molecule has 0 bridgehead atoms. The number of nitrogens with zero attached hydrogens (tertiary/aromatic N) is 2. The number of nitrogens with one attached hydrogen (secondary N) is 1. The summed E-state index contributed by atoms with van der Waals surface area (Å²) in [6.07, 6.45) is 5.15. The van der Waals surface area contributed by atoms with E-state index < -0.39 is 34.3 Å². The van der Waals surface area contributed by atoms with Crippen LogP contribution in [-0.2, 0) is 26.2 Å². The minimum Gasteiger partial charge on any atom is -0.497 e. The van der Waals surface area contributed by atoms with Crippen molar-refractivity contribution in [3.05, 3.63) is 53.8 Å². The highest BCUT2D eigenvalue weighted by Gasteiger charge is 2.33. The van der Waals surface area contributed by atoms with E-state index in [-0.39, 0.29) is 29.9 Å². The molecule has 1 N–H and O–H groups in total. The zero-order valence-electron chi connectivity index (χ0n) is 22.3. The number of halogens is 1. The van der Waals surface area contributed by atoms with Gasteiger partial charge in [0.2, 0.25) is 21.8 Å². The SMILES string of the molecule is CC[C@@H](C(=O)NC1CCCC1)N(Cc1ccc(F)cc1)C(=O)CN(c1ccc(OC)cc1OC)S(C)(=O)=O. The van der Waals surface area contributed by atoms with Crippen LogP contribution in [0.2, 0.25) is 0 Å². The molecule has 11 heteroatoms. The van der Waals surface area contributed by atoms with Gasteiger partial charge in [-0.05, 0) is 49.1 Å². The highest BCUT2D eigenvalue weighted by atomic mass is 32.2. The highest BCUT2D eigenvalue weighted by molar-refractivity contribution is 7.92. The van der Waals surface area contributed by atoms with Gasteiger partial charge in [0, 0.05) is 18.7 Å². The third kappa shape index (κ3) is 7.37. The van der Waals surface area contributed by atoms with Gasteiger partial charge in [0.15, 0.2) is 0 Å². The average molecular weight is 550 g/mol. The standard InChI is InChI=1S/C27H36FN3O6S/c1-5-23(27(33)29-21-8-6-7-9-21)30(17-19-10-12-20(28)13-11-19)26(32)18-31(38(4,34)35)24-15-14-22(36-2)16-25(24)37-3/h10-16,21,23H,5-9,17-18H2,1-4H3,(H,29,33)/t23-/m0/s1. The lowest BCUT2D eigenvalue weighted by Crippen LogP contribution is -2.53. The Morgan fingerprint density at radius 1 is 1.08 bits per heavy atom. The number of hydrogen-bond donors (Lipinski definition) is 1. The Bertz CT molecular complexity index is 1220. The molecular formula is C27H36FN3O6S. The number of rotatable bonds is 12. The first-order chi connectivity index (χ1) is 18.1. The Labute approximate surface area is 224 Å². The molecule has 9 nitrogen and oxygen atoms in total. The predicted octanol–water partition coefficient (Wildman–Crippen LogP) is 3.48. The van der Waals surface area contributed by atoms with E-state index in [0.717, 1.165) is 36.2 Å². The van der Waals surface area contributed by atoms with Gasteiger partial charge < -0.3 is 19.7 Å². The fourth-order valence-electron chi connectivity index (χ4n) is 4.66. The van der Waals surface area contributed by atoms with Crippen LogP contribution in [0.15, 0.2) is 42.5 Å². The summed E-state index contributed by atoms with van der Waals surface area (Å²) in [6.45, 7) is 1.24. The van der Waals surface area contributed by atoms with E-state index in [0.29, 0.717) is 17.7 Å². The summed E-state index contributed by atoms with van der Waals surface area (Å²) in [6, 6.07) is 9.45. The van der Waals surface area contributed by atoms with Gasteiger partial charge in [-0.15, -0.1) is 0 Å². The molecule has 208 valence electrons. The third-order valence-corrected chi connectivity index (χ3v) is 7.81. The number of carbonyl (C=O) groups excluding carboxylic acids is 2. The molecule has 2 aromatic rings. The van der Waals surface area contributed by atoms with Crippen LogP contribution in [-0.4, -0.2) is 64.2 Å². The number of carbonyl (C=O) groups is 2. The van der Waals surface area contributed by atoms with Crippen LogP contribution in [0, 0.1) is 5.82 Å². The van der Waals surface area contributed by atoms with E-state index in [1.807, 2.05) is 0 Å². The van der Waals surface area contributed by atoms with Crippen LogP contribution in [0.3, 0.4) is 0 Å². The van der Waals surface area contributed by atoms with Gasteiger partial charge in [-0.2, -0.15) is 0 Å². The van der Waals surface area contributed by atoms with Crippen LogP contribution < -0.4 is 19.1 Å². The molecule has 2 aromatic carbocycles. The molecule has 0 spiro atoms. The molecule has 0 saturated heterocycles. The van der Waals surface area contributed by atoms with Gasteiger partial charge in [-0.1, -0.05) is 31.9 Å². The number of hydrogen-bond acceptors (Lipinski definition) is 6. The molecule has 2 amide bonds. The van der Waals surface area contributed by atoms with Gasteiger partial charge in [0.1, 0.15) is 29.9 Å². The molecule has 1 aliphatic rings. The van der Waals surface area contributed by atoms with Gasteiger partial charge in [0.05, 0.1) is 26.2 Å². The highest BCUT2D eigenvalue weighted by Crippen LogP contribution is 2.34. The molecule has 0 heterocycles. The Morgan fingerprint density at radius 3 is 2.29 bits per heavy atom. The second-order valence-electron chi connectivity index (χ2n) is 9.37. The van der Waals surface area contributed by atoms with Crippen molar-refractivity contribution in [3.8, 4) is 11.5 Å². The molecule has 0 aliphatic heterocycles. The van der Waals surface area contributed by atoms with Gasteiger partial charge in [-0.25, -0.2) is 12.8 Å². The molecule has 38 heavy (non-hydrogen) atoms. The summed E-state index contributed by atoms with van der Waals surface area (Å²) < 4.78 is 50.8. The molecule has 1 fully saturated rings. The van der Waals surface area contributed by atoms with Crippen LogP contribution >= 0.6 is 0 Å². The quantitative estimate of drug-likeness (QED) is 0.435. The molecule has 3 rings (SSSR count). The number of anilines is 1. The fourth-order valence-corrected chi connectivity index (χ4v) is 5.51. The molecule has 1 saturated carbocycles. The van der Waals surface area contributed by atoms with Crippen LogP contribution in [0.1, 0.15) is 44.6 Å². The zero-order chi connectivity index (χ0) is 27.9. The number of amides is 2. The number of methoxy groups -OCH3 is 2. The topological polar surface area (TPSA) is 105 Å². The molecule has 1 aliphatic carbocycles. The van der Waals surface area contributed by atoms with E-state index >= 15 is 0 Å². The van der Waals surface area contributed by atoms with Crippen molar-refractivity contribution in [2.75, 3.05) is 31.3 Å². The first-order valence-electron chi connectivity index (χ1n) is 12.6. The van der Waals surface area contributed by atoms with Crippen molar-refractivity contribution in [3.63, 3.8) is 0 Å². The van der Waals surface area contributed by atoms with Crippen LogP contribution in [0.4, 0.5) is 10.1 Å². The normalized spacial score (nSPS) is 14.6. The summed E-state index contributed by atoms with van der Waals surface area (Å²) in [5, 5.41) is 3.05. The minimum absolute atomic E-state index is 0.00700. The summed E-state index contributed by atoms with van der Waals surface area (Å²) in [4.78, 5) is 28.5. The smallest absolute Gasteiger partial charge is 0.244 e. The molecule has 0 aromatic heterocycles.